The summed E-state index contributed by atoms with van der Waals surface area (Å²) in [6, 6.07) is 12.1. The van der Waals surface area contributed by atoms with Crippen LogP contribution in [0.2, 0.25) is 10.0 Å². The largest absolute Gasteiger partial charge is 0.507 e. The SMILES string of the molecule is NCCN=C(c1cc(Cl)ccc1O)c1ccccc1Cl. The number of rotatable bonds is 4. The van der Waals surface area contributed by atoms with E-state index >= 15 is 0 Å². The Kier molecular flexibility index (Phi) is 5.01. The Bertz CT molecular complexity index is 642. The van der Waals surface area contributed by atoms with Crippen molar-refractivity contribution < 1.29 is 5.11 Å². The van der Waals surface area contributed by atoms with Crippen molar-refractivity contribution in [2.45, 2.75) is 0 Å². The van der Waals surface area contributed by atoms with Gasteiger partial charge in [0, 0.05) is 27.7 Å². The van der Waals surface area contributed by atoms with Crippen LogP contribution in [-0.4, -0.2) is 23.9 Å². The van der Waals surface area contributed by atoms with E-state index in [0.717, 1.165) is 5.56 Å². The number of hydrogen-bond acceptors (Lipinski definition) is 3. The first kappa shape index (κ1) is 14.9. The number of phenolic OH excluding ortho intramolecular Hbond substituents is 1. The first-order valence-electron chi connectivity index (χ1n) is 6.12. The monoisotopic (exact) mass is 308 g/mol. The van der Waals surface area contributed by atoms with Crippen LogP contribution in [0, 0.1) is 0 Å². The first-order valence-corrected chi connectivity index (χ1v) is 6.87. The molecular formula is C15H14Cl2N2O. The van der Waals surface area contributed by atoms with Gasteiger partial charge in [-0.2, -0.15) is 0 Å². The van der Waals surface area contributed by atoms with Gasteiger partial charge in [-0.1, -0.05) is 41.4 Å². The van der Waals surface area contributed by atoms with Crippen molar-refractivity contribution in [3.05, 3.63) is 63.6 Å². The smallest absolute Gasteiger partial charge is 0.125 e. The molecule has 0 saturated carbocycles. The highest BCUT2D eigenvalue weighted by molar-refractivity contribution is 6.36. The third kappa shape index (κ3) is 3.31. The molecule has 0 aromatic heterocycles. The van der Waals surface area contributed by atoms with Crippen molar-refractivity contribution in [3.8, 4) is 5.75 Å². The minimum atomic E-state index is 0.102. The van der Waals surface area contributed by atoms with Crippen LogP contribution in [0.15, 0.2) is 47.5 Å². The summed E-state index contributed by atoms with van der Waals surface area (Å²) < 4.78 is 0. The molecule has 0 bridgehead atoms. The van der Waals surface area contributed by atoms with Gasteiger partial charge < -0.3 is 10.8 Å². The van der Waals surface area contributed by atoms with Crippen molar-refractivity contribution >= 4 is 28.9 Å². The van der Waals surface area contributed by atoms with Crippen LogP contribution in [0.1, 0.15) is 11.1 Å². The molecule has 2 aromatic rings. The Hall–Kier alpha value is -1.55. The summed E-state index contributed by atoms with van der Waals surface area (Å²) in [6.07, 6.45) is 0. The molecule has 0 unspecified atom stereocenters. The highest BCUT2D eigenvalue weighted by atomic mass is 35.5. The van der Waals surface area contributed by atoms with Crippen LogP contribution in [-0.2, 0) is 0 Å². The molecule has 0 spiro atoms. The standard InChI is InChI=1S/C15H14Cl2N2O/c16-10-5-6-14(20)12(9-10)15(19-8-7-18)11-3-1-2-4-13(11)17/h1-6,9,20H,7-8,18H2. The molecule has 0 amide bonds. The maximum absolute atomic E-state index is 10.0. The topological polar surface area (TPSA) is 58.6 Å². The van der Waals surface area contributed by atoms with E-state index in [2.05, 4.69) is 4.99 Å². The fourth-order valence-electron chi connectivity index (χ4n) is 1.84. The summed E-state index contributed by atoms with van der Waals surface area (Å²) >= 11 is 12.2. The molecule has 0 heterocycles. The number of halogens is 2. The maximum atomic E-state index is 10.0. The van der Waals surface area contributed by atoms with Crippen molar-refractivity contribution in [3.63, 3.8) is 0 Å². The summed E-state index contributed by atoms with van der Waals surface area (Å²) in [5.74, 6) is 0.102. The number of nitrogens with zero attached hydrogens (tertiary/aromatic N) is 1. The summed E-state index contributed by atoms with van der Waals surface area (Å²) in [4.78, 5) is 4.43. The Morgan fingerprint density at radius 2 is 1.85 bits per heavy atom. The van der Waals surface area contributed by atoms with Gasteiger partial charge in [-0.05, 0) is 24.3 Å². The first-order chi connectivity index (χ1) is 9.63. The van der Waals surface area contributed by atoms with Crippen LogP contribution in [0.25, 0.3) is 0 Å². The lowest BCUT2D eigenvalue weighted by Gasteiger charge is -2.11. The van der Waals surface area contributed by atoms with Crippen LogP contribution in [0.5, 0.6) is 5.75 Å². The second kappa shape index (κ2) is 6.75. The predicted molar refractivity (Wildman–Crippen MR) is 84.1 cm³/mol. The van der Waals surface area contributed by atoms with E-state index in [4.69, 9.17) is 28.9 Å². The van der Waals surface area contributed by atoms with Gasteiger partial charge in [0.15, 0.2) is 0 Å². The summed E-state index contributed by atoms with van der Waals surface area (Å²) in [5.41, 5.74) is 7.37. The maximum Gasteiger partial charge on any atom is 0.125 e. The van der Waals surface area contributed by atoms with Gasteiger partial charge in [0.25, 0.3) is 0 Å². The minimum Gasteiger partial charge on any atom is -0.507 e. The number of benzene rings is 2. The van der Waals surface area contributed by atoms with Crippen molar-refractivity contribution in [1.82, 2.24) is 0 Å². The molecule has 3 nitrogen and oxygen atoms in total. The molecule has 2 rings (SSSR count). The summed E-state index contributed by atoms with van der Waals surface area (Å²) in [6.45, 7) is 0.849. The van der Waals surface area contributed by atoms with Crippen LogP contribution >= 0.6 is 23.2 Å². The van der Waals surface area contributed by atoms with Gasteiger partial charge in [-0.25, -0.2) is 0 Å². The second-order valence-corrected chi connectivity index (χ2v) is 5.00. The number of nitrogens with two attached hydrogens (primary N) is 1. The number of hydrogen-bond donors (Lipinski definition) is 2. The zero-order valence-corrected chi connectivity index (χ0v) is 12.2. The molecule has 2 aromatic carbocycles. The molecular weight excluding hydrogens is 295 g/mol. The zero-order chi connectivity index (χ0) is 14.5. The third-order valence-corrected chi connectivity index (χ3v) is 3.31. The van der Waals surface area contributed by atoms with E-state index in [1.54, 1.807) is 18.2 Å². The second-order valence-electron chi connectivity index (χ2n) is 4.16. The molecule has 5 heteroatoms. The van der Waals surface area contributed by atoms with Crippen LogP contribution in [0.4, 0.5) is 0 Å². The quantitative estimate of drug-likeness (QED) is 0.849. The lowest BCUT2D eigenvalue weighted by atomic mass is 10.0. The fraction of sp³-hybridized carbons (Fsp3) is 0.133. The third-order valence-electron chi connectivity index (χ3n) is 2.74. The zero-order valence-electron chi connectivity index (χ0n) is 10.7. The molecule has 0 fully saturated rings. The normalized spacial score (nSPS) is 11.7. The molecule has 20 heavy (non-hydrogen) atoms. The summed E-state index contributed by atoms with van der Waals surface area (Å²) in [7, 11) is 0. The molecule has 0 aliphatic carbocycles. The lowest BCUT2D eigenvalue weighted by molar-refractivity contribution is 0.474. The summed E-state index contributed by atoms with van der Waals surface area (Å²) in [5, 5.41) is 11.1. The number of phenols is 1. The van der Waals surface area contributed by atoms with Gasteiger partial charge in [0.05, 0.1) is 12.3 Å². The van der Waals surface area contributed by atoms with E-state index < -0.39 is 0 Å². The number of aliphatic imine (C=N–C) groups is 1. The predicted octanol–water partition coefficient (Wildman–Crippen LogP) is 3.50. The van der Waals surface area contributed by atoms with Gasteiger partial charge in [0.2, 0.25) is 0 Å². The van der Waals surface area contributed by atoms with Gasteiger partial charge in [-0.3, -0.25) is 4.99 Å². The molecule has 0 atom stereocenters. The molecule has 0 aliphatic heterocycles. The molecule has 0 saturated heterocycles. The van der Waals surface area contributed by atoms with E-state index in [1.807, 2.05) is 18.2 Å². The van der Waals surface area contributed by atoms with Crippen molar-refractivity contribution in [2.75, 3.05) is 13.1 Å². The Morgan fingerprint density at radius 3 is 2.55 bits per heavy atom. The van der Waals surface area contributed by atoms with Gasteiger partial charge in [0.1, 0.15) is 5.75 Å². The minimum absolute atomic E-state index is 0.102. The van der Waals surface area contributed by atoms with Crippen molar-refractivity contribution in [2.24, 2.45) is 10.7 Å². The van der Waals surface area contributed by atoms with E-state index in [1.165, 1.54) is 6.07 Å². The van der Waals surface area contributed by atoms with E-state index in [9.17, 15) is 5.11 Å². The van der Waals surface area contributed by atoms with Crippen LogP contribution < -0.4 is 5.73 Å². The van der Waals surface area contributed by atoms with Crippen LogP contribution in [0.3, 0.4) is 0 Å². The van der Waals surface area contributed by atoms with Gasteiger partial charge >= 0.3 is 0 Å². The van der Waals surface area contributed by atoms with E-state index in [-0.39, 0.29) is 5.75 Å². The van der Waals surface area contributed by atoms with Crippen molar-refractivity contribution in [1.29, 1.82) is 0 Å². The highest BCUT2D eigenvalue weighted by Crippen LogP contribution is 2.27. The molecule has 3 N–H and O–H groups in total. The average Bonchev–Trinajstić information content (AvgIpc) is 2.44. The van der Waals surface area contributed by atoms with E-state index in [0.29, 0.717) is 34.4 Å². The Morgan fingerprint density at radius 1 is 1.10 bits per heavy atom. The Labute approximate surface area is 127 Å². The van der Waals surface area contributed by atoms with Gasteiger partial charge in [-0.15, -0.1) is 0 Å². The Balaban J connectivity index is 2.60. The average molecular weight is 309 g/mol. The lowest BCUT2D eigenvalue weighted by Crippen LogP contribution is -2.10. The number of aromatic hydroxyl groups is 1. The molecule has 104 valence electrons. The molecule has 0 aliphatic rings. The highest BCUT2D eigenvalue weighted by Gasteiger charge is 2.14. The fourth-order valence-corrected chi connectivity index (χ4v) is 2.24. The molecule has 0 radical (unpaired) electrons.